The minimum Gasteiger partial charge on any atom is -0.490 e. The maximum Gasteiger partial charge on any atom is 0.250 e. The van der Waals surface area contributed by atoms with Gasteiger partial charge in [0.25, 0.3) is 5.91 Å². The summed E-state index contributed by atoms with van der Waals surface area (Å²) in [5.41, 5.74) is 2.53. The van der Waals surface area contributed by atoms with Gasteiger partial charge in [0.1, 0.15) is 11.9 Å². The first-order chi connectivity index (χ1) is 14.5. The molecule has 1 N–H and O–H groups in total. The van der Waals surface area contributed by atoms with E-state index in [0.717, 1.165) is 28.1 Å². The lowest BCUT2D eigenvalue weighted by molar-refractivity contribution is -0.117. The highest BCUT2D eigenvalue weighted by atomic mass is 16.5. The highest BCUT2D eigenvalue weighted by Gasteiger charge is 2.34. The van der Waals surface area contributed by atoms with E-state index in [0.29, 0.717) is 37.7 Å². The van der Waals surface area contributed by atoms with Crippen molar-refractivity contribution in [2.45, 2.75) is 33.2 Å². The van der Waals surface area contributed by atoms with Crippen LogP contribution in [0.15, 0.2) is 30.5 Å². The zero-order chi connectivity index (χ0) is 21.3. The molecule has 158 valence electrons. The first kappa shape index (κ1) is 20.0. The van der Waals surface area contributed by atoms with E-state index < -0.39 is 0 Å². The Balaban J connectivity index is 1.63. The monoisotopic (exact) mass is 409 g/mol. The molecule has 2 aromatic heterocycles. The standard InChI is InChI=1S/C22H27N5O3/c1-5-29-19-12-15-16(7-9-23-18(15)13-20(19)30-6-2)24-17-8-10-27(22(17)28)21-11-14(3)25-26(21)4/h7,9,11-13,17H,5-6,8,10H2,1-4H3,(H,23,24). The van der Waals surface area contributed by atoms with Crippen molar-refractivity contribution < 1.29 is 14.3 Å². The Hall–Kier alpha value is -3.29. The van der Waals surface area contributed by atoms with E-state index in [9.17, 15) is 4.79 Å². The lowest BCUT2D eigenvalue weighted by atomic mass is 10.1. The van der Waals surface area contributed by atoms with Crippen LogP contribution in [0.3, 0.4) is 0 Å². The molecule has 1 amide bonds. The average Bonchev–Trinajstić information content (AvgIpc) is 3.24. The van der Waals surface area contributed by atoms with Crippen molar-refractivity contribution in [3.8, 4) is 11.5 Å². The van der Waals surface area contributed by atoms with Crippen molar-refractivity contribution in [2.75, 3.05) is 30.0 Å². The molecule has 1 unspecified atom stereocenters. The highest BCUT2D eigenvalue weighted by Crippen LogP contribution is 2.35. The summed E-state index contributed by atoms with van der Waals surface area (Å²) in [5.74, 6) is 2.21. The number of amides is 1. The first-order valence-corrected chi connectivity index (χ1v) is 10.3. The zero-order valence-electron chi connectivity index (χ0n) is 17.8. The van der Waals surface area contributed by atoms with Crippen molar-refractivity contribution in [3.63, 3.8) is 0 Å². The van der Waals surface area contributed by atoms with Crippen LogP contribution in [0.25, 0.3) is 10.9 Å². The summed E-state index contributed by atoms with van der Waals surface area (Å²) in [4.78, 5) is 19.3. The van der Waals surface area contributed by atoms with Gasteiger partial charge in [-0.25, -0.2) is 0 Å². The molecule has 30 heavy (non-hydrogen) atoms. The van der Waals surface area contributed by atoms with E-state index in [1.807, 2.05) is 52.1 Å². The van der Waals surface area contributed by atoms with Crippen LogP contribution in [0.4, 0.5) is 11.5 Å². The van der Waals surface area contributed by atoms with E-state index in [1.165, 1.54) is 0 Å². The lowest BCUT2D eigenvalue weighted by Crippen LogP contribution is -2.34. The van der Waals surface area contributed by atoms with Crippen molar-refractivity contribution in [3.05, 3.63) is 36.2 Å². The number of carbonyl (C=O) groups excluding carboxylic acids is 1. The quantitative estimate of drug-likeness (QED) is 0.645. The molecule has 1 saturated heterocycles. The number of anilines is 2. The molecule has 1 aromatic carbocycles. The topological polar surface area (TPSA) is 81.5 Å². The predicted molar refractivity (Wildman–Crippen MR) is 116 cm³/mol. The van der Waals surface area contributed by atoms with Crippen LogP contribution >= 0.6 is 0 Å². The molecule has 0 bridgehead atoms. The molecule has 0 radical (unpaired) electrons. The van der Waals surface area contributed by atoms with Gasteiger partial charge in [-0.2, -0.15) is 5.10 Å². The average molecular weight is 409 g/mol. The molecular weight excluding hydrogens is 382 g/mol. The van der Waals surface area contributed by atoms with Crippen LogP contribution in [0.2, 0.25) is 0 Å². The molecule has 1 fully saturated rings. The van der Waals surface area contributed by atoms with Crippen LogP contribution in [-0.4, -0.2) is 46.5 Å². The molecule has 0 aliphatic carbocycles. The molecule has 1 atom stereocenters. The molecule has 0 saturated carbocycles. The number of aromatic nitrogens is 3. The van der Waals surface area contributed by atoms with Crippen LogP contribution < -0.4 is 19.7 Å². The summed E-state index contributed by atoms with van der Waals surface area (Å²) in [7, 11) is 1.86. The number of hydrogen-bond donors (Lipinski definition) is 1. The highest BCUT2D eigenvalue weighted by molar-refractivity contribution is 6.02. The molecule has 4 rings (SSSR count). The Morgan fingerprint density at radius 2 is 1.90 bits per heavy atom. The number of ether oxygens (including phenoxy) is 2. The predicted octanol–water partition coefficient (Wildman–Crippen LogP) is 3.29. The number of pyridine rings is 1. The number of hydrogen-bond acceptors (Lipinski definition) is 6. The van der Waals surface area contributed by atoms with Gasteiger partial charge in [0.2, 0.25) is 0 Å². The summed E-state index contributed by atoms with van der Waals surface area (Å²) >= 11 is 0. The van der Waals surface area contributed by atoms with Crippen LogP contribution in [0.1, 0.15) is 26.0 Å². The number of carbonyl (C=O) groups is 1. The van der Waals surface area contributed by atoms with Gasteiger partial charge in [-0.3, -0.25) is 19.4 Å². The molecule has 1 aliphatic rings. The normalized spacial score (nSPS) is 16.3. The molecule has 8 nitrogen and oxygen atoms in total. The van der Waals surface area contributed by atoms with E-state index >= 15 is 0 Å². The second-order valence-corrected chi connectivity index (χ2v) is 7.28. The molecule has 3 heterocycles. The van der Waals surface area contributed by atoms with E-state index in [-0.39, 0.29) is 11.9 Å². The first-order valence-electron chi connectivity index (χ1n) is 10.3. The van der Waals surface area contributed by atoms with Crippen LogP contribution in [0.5, 0.6) is 11.5 Å². The third-order valence-electron chi connectivity index (χ3n) is 5.20. The Labute approximate surface area is 175 Å². The Morgan fingerprint density at radius 3 is 2.57 bits per heavy atom. The summed E-state index contributed by atoms with van der Waals surface area (Å²) in [6.07, 6.45) is 2.45. The van der Waals surface area contributed by atoms with Crippen LogP contribution in [0, 0.1) is 6.92 Å². The molecule has 8 heteroatoms. The second kappa shape index (κ2) is 8.22. The largest absolute Gasteiger partial charge is 0.490 e. The third kappa shape index (κ3) is 3.65. The number of aryl methyl sites for hydroxylation is 2. The SMILES string of the molecule is CCOc1cc2nccc(NC3CCN(c4cc(C)nn4C)C3=O)c2cc1OCC. The van der Waals surface area contributed by atoms with E-state index in [2.05, 4.69) is 15.4 Å². The number of nitrogens with zero attached hydrogens (tertiary/aromatic N) is 4. The third-order valence-corrected chi connectivity index (χ3v) is 5.20. The van der Waals surface area contributed by atoms with Gasteiger partial charge in [0, 0.05) is 43.0 Å². The van der Waals surface area contributed by atoms with Gasteiger partial charge < -0.3 is 14.8 Å². The Bertz CT molecular complexity index is 1080. The van der Waals surface area contributed by atoms with Crippen molar-refractivity contribution in [2.24, 2.45) is 7.05 Å². The summed E-state index contributed by atoms with van der Waals surface area (Å²) in [6, 6.07) is 7.33. The van der Waals surface area contributed by atoms with Crippen molar-refractivity contribution >= 4 is 28.3 Å². The maximum atomic E-state index is 13.1. The summed E-state index contributed by atoms with van der Waals surface area (Å²) in [5, 5.41) is 8.68. The Morgan fingerprint density at radius 1 is 1.17 bits per heavy atom. The van der Waals surface area contributed by atoms with Gasteiger partial charge in [0.15, 0.2) is 11.5 Å². The fraction of sp³-hybridized carbons (Fsp3) is 0.409. The van der Waals surface area contributed by atoms with Crippen molar-refractivity contribution in [1.29, 1.82) is 0 Å². The minimum absolute atomic E-state index is 0.0407. The minimum atomic E-state index is -0.312. The fourth-order valence-electron chi connectivity index (χ4n) is 3.89. The lowest BCUT2D eigenvalue weighted by Gasteiger charge is -2.19. The molecule has 3 aromatic rings. The number of benzene rings is 1. The van der Waals surface area contributed by atoms with Crippen molar-refractivity contribution in [1.82, 2.24) is 14.8 Å². The smallest absolute Gasteiger partial charge is 0.250 e. The van der Waals surface area contributed by atoms with Gasteiger partial charge in [-0.1, -0.05) is 0 Å². The van der Waals surface area contributed by atoms with E-state index in [1.54, 1.807) is 15.8 Å². The fourth-order valence-corrected chi connectivity index (χ4v) is 3.89. The summed E-state index contributed by atoms with van der Waals surface area (Å²) in [6.45, 7) is 7.53. The maximum absolute atomic E-state index is 13.1. The number of nitrogens with one attached hydrogen (secondary N) is 1. The second-order valence-electron chi connectivity index (χ2n) is 7.28. The molecular formula is C22H27N5O3. The number of fused-ring (bicyclic) bond motifs is 1. The van der Waals surface area contributed by atoms with Crippen LogP contribution in [-0.2, 0) is 11.8 Å². The Kier molecular flexibility index (Phi) is 5.48. The van der Waals surface area contributed by atoms with Gasteiger partial charge in [-0.15, -0.1) is 0 Å². The molecule has 1 aliphatic heterocycles. The molecule has 0 spiro atoms. The van der Waals surface area contributed by atoms with Gasteiger partial charge >= 0.3 is 0 Å². The van der Waals surface area contributed by atoms with Gasteiger partial charge in [0.05, 0.1) is 24.4 Å². The summed E-state index contributed by atoms with van der Waals surface area (Å²) < 4.78 is 13.2. The number of rotatable bonds is 7. The van der Waals surface area contributed by atoms with Gasteiger partial charge in [-0.05, 0) is 39.3 Å². The van der Waals surface area contributed by atoms with E-state index in [4.69, 9.17) is 9.47 Å². The zero-order valence-corrected chi connectivity index (χ0v) is 17.8.